The molecule has 0 unspecified atom stereocenters. The average Bonchev–Trinajstić information content (AvgIpc) is 2.35. The smallest absolute Gasteiger partial charge is 0.238 e. The average molecular weight is 233 g/mol. The van der Waals surface area contributed by atoms with Crippen molar-refractivity contribution >= 4 is 5.69 Å². The van der Waals surface area contributed by atoms with Gasteiger partial charge in [-0.15, -0.1) is 0 Å². The number of nitrogen functional groups attached to an aromatic ring is 1. The van der Waals surface area contributed by atoms with Gasteiger partial charge in [-0.1, -0.05) is 32.6 Å². The molecule has 1 aromatic heterocycles. The molecule has 92 valence electrons. The molecule has 17 heavy (non-hydrogen) atoms. The molecule has 2 N–H and O–H groups in total. The third-order valence-corrected chi connectivity index (χ3v) is 2.56. The number of hydrogen-bond acceptors (Lipinski definition) is 4. The van der Waals surface area contributed by atoms with E-state index in [-0.39, 0.29) is 0 Å². The number of anilines is 1. The molecule has 0 saturated heterocycles. The van der Waals surface area contributed by atoms with Crippen molar-refractivity contribution in [2.45, 2.75) is 39.0 Å². The van der Waals surface area contributed by atoms with E-state index < -0.39 is 0 Å². The van der Waals surface area contributed by atoms with Gasteiger partial charge in [-0.05, 0) is 12.5 Å². The van der Waals surface area contributed by atoms with Gasteiger partial charge in [0.25, 0.3) is 0 Å². The van der Waals surface area contributed by atoms with Gasteiger partial charge < -0.3 is 10.5 Å². The van der Waals surface area contributed by atoms with Crippen molar-refractivity contribution in [2.24, 2.45) is 0 Å². The van der Waals surface area contributed by atoms with Gasteiger partial charge in [0.2, 0.25) is 5.88 Å². The van der Waals surface area contributed by atoms with Gasteiger partial charge in [-0.3, -0.25) is 0 Å². The highest BCUT2D eigenvalue weighted by molar-refractivity contribution is 5.59. The van der Waals surface area contributed by atoms with Gasteiger partial charge >= 0.3 is 0 Å². The van der Waals surface area contributed by atoms with Crippen molar-refractivity contribution < 1.29 is 4.74 Å². The largest absolute Gasteiger partial charge is 0.476 e. The lowest BCUT2D eigenvalue weighted by molar-refractivity contribution is 0.295. The van der Waals surface area contributed by atoms with Crippen molar-refractivity contribution in [2.75, 3.05) is 12.3 Å². The van der Waals surface area contributed by atoms with Crippen LogP contribution in [-0.2, 0) is 0 Å². The highest BCUT2D eigenvalue weighted by Crippen LogP contribution is 2.21. The van der Waals surface area contributed by atoms with E-state index >= 15 is 0 Å². The molecule has 0 aliphatic heterocycles. The van der Waals surface area contributed by atoms with Crippen LogP contribution in [0, 0.1) is 11.3 Å². The van der Waals surface area contributed by atoms with Gasteiger partial charge in [0.1, 0.15) is 11.8 Å². The fraction of sp³-hybridized carbons (Fsp3) is 0.538. The minimum atomic E-state index is 0.337. The highest BCUT2D eigenvalue weighted by atomic mass is 16.5. The maximum atomic E-state index is 8.80. The minimum absolute atomic E-state index is 0.337. The summed E-state index contributed by atoms with van der Waals surface area (Å²) < 4.78 is 5.47. The first-order valence-corrected chi connectivity index (χ1v) is 6.07. The topological polar surface area (TPSA) is 71.9 Å². The van der Waals surface area contributed by atoms with E-state index in [0.717, 1.165) is 12.8 Å². The molecule has 0 fully saturated rings. The van der Waals surface area contributed by atoms with E-state index in [1.807, 2.05) is 6.07 Å². The molecule has 0 radical (unpaired) electrons. The van der Waals surface area contributed by atoms with Crippen LogP contribution in [0.2, 0.25) is 0 Å². The zero-order valence-corrected chi connectivity index (χ0v) is 10.3. The minimum Gasteiger partial charge on any atom is -0.476 e. The molecule has 1 aromatic rings. The van der Waals surface area contributed by atoms with Crippen LogP contribution < -0.4 is 10.5 Å². The quantitative estimate of drug-likeness (QED) is 0.735. The highest BCUT2D eigenvalue weighted by Gasteiger charge is 2.06. The van der Waals surface area contributed by atoms with Crippen molar-refractivity contribution in [3.63, 3.8) is 0 Å². The van der Waals surface area contributed by atoms with E-state index in [1.165, 1.54) is 19.3 Å². The van der Waals surface area contributed by atoms with Gasteiger partial charge in [0, 0.05) is 6.20 Å². The summed E-state index contributed by atoms with van der Waals surface area (Å²) in [5, 5.41) is 8.80. The number of aromatic nitrogens is 1. The Morgan fingerprint density at radius 1 is 1.35 bits per heavy atom. The maximum Gasteiger partial charge on any atom is 0.238 e. The zero-order chi connectivity index (χ0) is 12.5. The molecule has 1 rings (SSSR count). The number of rotatable bonds is 7. The fourth-order valence-electron chi connectivity index (χ4n) is 1.54. The monoisotopic (exact) mass is 233 g/mol. The fourth-order valence-corrected chi connectivity index (χ4v) is 1.54. The molecule has 0 aliphatic carbocycles. The standard InChI is InChI=1S/C13H19N3O/c1-2-3-4-5-6-9-17-13-12(15)11(10-14)7-8-16-13/h7-8H,2-6,9,15H2,1H3. The molecular formula is C13H19N3O. The first-order valence-electron chi connectivity index (χ1n) is 6.07. The first-order chi connectivity index (χ1) is 8.29. The second-order valence-corrected chi connectivity index (χ2v) is 3.95. The van der Waals surface area contributed by atoms with Crippen LogP contribution in [0.1, 0.15) is 44.6 Å². The van der Waals surface area contributed by atoms with E-state index in [1.54, 1.807) is 12.3 Å². The van der Waals surface area contributed by atoms with Gasteiger partial charge in [0.15, 0.2) is 0 Å². The third-order valence-electron chi connectivity index (χ3n) is 2.56. The van der Waals surface area contributed by atoms with Crippen LogP contribution in [0.15, 0.2) is 12.3 Å². The second-order valence-electron chi connectivity index (χ2n) is 3.95. The van der Waals surface area contributed by atoms with E-state index in [4.69, 9.17) is 15.7 Å². The lowest BCUT2D eigenvalue weighted by Crippen LogP contribution is -2.03. The number of hydrogen-bond donors (Lipinski definition) is 1. The van der Waals surface area contributed by atoms with Gasteiger partial charge in [-0.2, -0.15) is 5.26 Å². The Bertz CT molecular complexity index is 385. The van der Waals surface area contributed by atoms with Crippen LogP contribution in [-0.4, -0.2) is 11.6 Å². The molecule has 0 atom stereocenters. The summed E-state index contributed by atoms with van der Waals surface area (Å²) in [6.07, 6.45) is 7.44. The first kappa shape index (κ1) is 13.3. The third kappa shape index (κ3) is 4.31. The number of nitrogens with two attached hydrogens (primary N) is 1. The SMILES string of the molecule is CCCCCCCOc1nccc(C#N)c1N. The molecule has 0 aliphatic rings. The normalized spacial score (nSPS) is 9.88. The Balaban J connectivity index is 2.35. The summed E-state index contributed by atoms with van der Waals surface area (Å²) in [5.41, 5.74) is 6.50. The van der Waals surface area contributed by atoms with E-state index in [9.17, 15) is 0 Å². The molecule has 0 aromatic carbocycles. The molecule has 4 nitrogen and oxygen atoms in total. The molecule has 0 amide bonds. The van der Waals surface area contributed by atoms with Gasteiger partial charge in [-0.25, -0.2) is 4.98 Å². The number of ether oxygens (including phenoxy) is 1. The Labute approximate surface area is 102 Å². The van der Waals surface area contributed by atoms with Crippen molar-refractivity contribution in [1.29, 1.82) is 5.26 Å². The Morgan fingerprint density at radius 3 is 2.82 bits per heavy atom. The van der Waals surface area contributed by atoms with E-state index in [0.29, 0.717) is 23.7 Å². The van der Waals surface area contributed by atoms with Crippen LogP contribution in [0.5, 0.6) is 5.88 Å². The summed E-state index contributed by atoms with van der Waals surface area (Å²) in [6, 6.07) is 3.60. The Hall–Kier alpha value is -1.76. The Morgan fingerprint density at radius 2 is 2.12 bits per heavy atom. The number of unbranched alkanes of at least 4 members (excludes halogenated alkanes) is 4. The summed E-state index contributed by atoms with van der Waals surface area (Å²) in [7, 11) is 0. The van der Waals surface area contributed by atoms with Crippen LogP contribution in [0.4, 0.5) is 5.69 Å². The van der Waals surface area contributed by atoms with Crippen molar-refractivity contribution in [1.82, 2.24) is 4.98 Å². The van der Waals surface area contributed by atoms with Crippen LogP contribution in [0.3, 0.4) is 0 Å². The van der Waals surface area contributed by atoms with Gasteiger partial charge in [0.05, 0.1) is 12.2 Å². The number of pyridine rings is 1. The molecule has 4 heteroatoms. The lowest BCUT2D eigenvalue weighted by atomic mass is 10.2. The summed E-state index contributed by atoms with van der Waals surface area (Å²) >= 11 is 0. The predicted molar refractivity (Wildman–Crippen MR) is 67.6 cm³/mol. The number of nitrogens with zero attached hydrogens (tertiary/aromatic N) is 2. The second kappa shape index (κ2) is 7.50. The summed E-state index contributed by atoms with van der Waals surface area (Å²) in [6.45, 7) is 2.80. The van der Waals surface area contributed by atoms with Crippen LogP contribution >= 0.6 is 0 Å². The predicted octanol–water partition coefficient (Wildman–Crippen LogP) is 2.88. The number of nitriles is 1. The van der Waals surface area contributed by atoms with Crippen molar-refractivity contribution in [3.05, 3.63) is 17.8 Å². The van der Waals surface area contributed by atoms with Crippen molar-refractivity contribution in [3.8, 4) is 11.9 Å². The Kier molecular flexibility index (Phi) is 5.87. The lowest BCUT2D eigenvalue weighted by Gasteiger charge is -2.07. The van der Waals surface area contributed by atoms with Crippen LogP contribution in [0.25, 0.3) is 0 Å². The summed E-state index contributed by atoms with van der Waals surface area (Å²) in [4.78, 5) is 4.02. The molecule has 0 spiro atoms. The molecule has 1 heterocycles. The zero-order valence-electron chi connectivity index (χ0n) is 10.3. The molecule has 0 saturated carbocycles. The molecular weight excluding hydrogens is 214 g/mol. The van der Waals surface area contributed by atoms with E-state index in [2.05, 4.69) is 11.9 Å². The summed E-state index contributed by atoms with van der Waals surface area (Å²) in [5.74, 6) is 0.375. The maximum absolute atomic E-state index is 8.80. The molecule has 0 bridgehead atoms.